The van der Waals surface area contributed by atoms with Gasteiger partial charge in [0.2, 0.25) is 5.88 Å². The van der Waals surface area contributed by atoms with Crippen LogP contribution in [0.3, 0.4) is 0 Å². The molecule has 2 aromatic rings. The number of carbonyl (C=O) groups is 1. The van der Waals surface area contributed by atoms with Crippen molar-refractivity contribution < 1.29 is 9.53 Å². The van der Waals surface area contributed by atoms with Crippen LogP contribution in [-0.4, -0.2) is 11.0 Å². The van der Waals surface area contributed by atoms with Crippen LogP contribution in [0.4, 0.5) is 0 Å². The molecule has 2 rings (SSSR count). The average molecular weight is 278 g/mol. The van der Waals surface area contributed by atoms with Crippen LogP contribution in [0.1, 0.15) is 10.4 Å². The second-order valence-corrected chi connectivity index (χ2v) is 3.98. The van der Waals surface area contributed by atoms with E-state index in [1.54, 1.807) is 42.6 Å². The summed E-state index contributed by atoms with van der Waals surface area (Å²) in [4.78, 5) is 15.6. The van der Waals surface area contributed by atoms with Gasteiger partial charge in [0, 0.05) is 16.7 Å². The number of carbonyl (C=O) groups excluding carboxylic acids is 1. The molecule has 1 heterocycles. The Kier molecular flexibility index (Phi) is 3.31. The second-order valence-electron chi connectivity index (χ2n) is 3.07. The molecule has 0 saturated heterocycles. The highest BCUT2D eigenvalue weighted by atomic mass is 79.9. The van der Waals surface area contributed by atoms with Crippen molar-refractivity contribution in [1.82, 2.24) is 4.98 Å². The standard InChI is InChI=1S/C12H8BrNO2/c13-10-5-3-4-9(8-10)12(15)16-11-6-1-2-7-14-11/h1-8H. The molecule has 0 aliphatic carbocycles. The summed E-state index contributed by atoms with van der Waals surface area (Å²) in [6, 6.07) is 12.2. The van der Waals surface area contributed by atoms with E-state index in [1.807, 2.05) is 6.07 Å². The quantitative estimate of drug-likeness (QED) is 0.792. The minimum Gasteiger partial charge on any atom is -0.404 e. The molecule has 0 N–H and O–H groups in total. The third kappa shape index (κ3) is 2.67. The highest BCUT2D eigenvalue weighted by Gasteiger charge is 2.08. The number of pyridine rings is 1. The molecule has 16 heavy (non-hydrogen) atoms. The van der Waals surface area contributed by atoms with E-state index in [2.05, 4.69) is 20.9 Å². The molecule has 0 spiro atoms. The molecule has 4 heteroatoms. The summed E-state index contributed by atoms with van der Waals surface area (Å²) in [5.41, 5.74) is 0.486. The van der Waals surface area contributed by atoms with Crippen molar-refractivity contribution in [3.05, 3.63) is 58.7 Å². The first kappa shape index (κ1) is 10.8. The van der Waals surface area contributed by atoms with E-state index in [0.29, 0.717) is 11.4 Å². The summed E-state index contributed by atoms with van der Waals surface area (Å²) in [7, 11) is 0. The van der Waals surface area contributed by atoms with E-state index >= 15 is 0 Å². The van der Waals surface area contributed by atoms with Gasteiger partial charge in [0.15, 0.2) is 0 Å². The van der Waals surface area contributed by atoms with Crippen LogP contribution < -0.4 is 4.74 Å². The maximum atomic E-state index is 11.7. The summed E-state index contributed by atoms with van der Waals surface area (Å²) >= 11 is 3.29. The lowest BCUT2D eigenvalue weighted by atomic mass is 10.2. The van der Waals surface area contributed by atoms with Gasteiger partial charge in [0.25, 0.3) is 0 Å². The molecule has 0 aliphatic rings. The molecule has 0 atom stereocenters. The van der Waals surface area contributed by atoms with Gasteiger partial charge in [-0.2, -0.15) is 0 Å². The molecule has 0 radical (unpaired) electrons. The molecule has 0 unspecified atom stereocenters. The summed E-state index contributed by atoms with van der Waals surface area (Å²) in [6.45, 7) is 0. The first-order chi connectivity index (χ1) is 7.75. The number of ether oxygens (including phenoxy) is 1. The zero-order valence-corrected chi connectivity index (χ0v) is 9.85. The number of rotatable bonds is 2. The van der Waals surface area contributed by atoms with E-state index in [0.717, 1.165) is 4.47 Å². The van der Waals surface area contributed by atoms with Gasteiger partial charge < -0.3 is 4.74 Å². The molecule has 0 bridgehead atoms. The minimum absolute atomic E-state index is 0.299. The SMILES string of the molecule is O=C(Oc1ccccn1)c1cccc(Br)c1. The zero-order valence-electron chi connectivity index (χ0n) is 8.26. The van der Waals surface area contributed by atoms with Crippen LogP contribution in [0, 0.1) is 0 Å². The Labute approximate surface area is 101 Å². The molecule has 0 saturated carbocycles. The fourth-order valence-electron chi connectivity index (χ4n) is 1.18. The van der Waals surface area contributed by atoms with Gasteiger partial charge in [-0.3, -0.25) is 0 Å². The Balaban J connectivity index is 2.15. The van der Waals surface area contributed by atoms with Crippen molar-refractivity contribution in [3.8, 4) is 5.88 Å². The maximum absolute atomic E-state index is 11.7. The predicted octanol–water partition coefficient (Wildman–Crippen LogP) is 3.06. The van der Waals surface area contributed by atoms with Crippen molar-refractivity contribution in [2.75, 3.05) is 0 Å². The highest BCUT2D eigenvalue weighted by molar-refractivity contribution is 9.10. The van der Waals surface area contributed by atoms with E-state index in [4.69, 9.17) is 4.74 Å². The van der Waals surface area contributed by atoms with Gasteiger partial charge in [-0.15, -0.1) is 0 Å². The number of esters is 1. The summed E-state index contributed by atoms with van der Waals surface area (Å²) in [5.74, 6) is -0.118. The first-order valence-corrected chi connectivity index (χ1v) is 5.44. The van der Waals surface area contributed by atoms with E-state index in [1.165, 1.54) is 0 Å². The smallest absolute Gasteiger partial charge is 0.344 e. The lowest BCUT2D eigenvalue weighted by Crippen LogP contribution is -2.09. The molecule has 0 aliphatic heterocycles. The summed E-state index contributed by atoms with van der Waals surface area (Å²) < 4.78 is 5.92. The van der Waals surface area contributed by atoms with Gasteiger partial charge >= 0.3 is 5.97 Å². The Morgan fingerprint density at radius 1 is 1.19 bits per heavy atom. The predicted molar refractivity (Wildman–Crippen MR) is 63.3 cm³/mol. The second kappa shape index (κ2) is 4.90. The Morgan fingerprint density at radius 2 is 2.06 bits per heavy atom. The van der Waals surface area contributed by atoms with E-state index in [9.17, 15) is 4.79 Å². The van der Waals surface area contributed by atoms with Crippen molar-refractivity contribution in [1.29, 1.82) is 0 Å². The van der Waals surface area contributed by atoms with Crippen LogP contribution in [0.2, 0.25) is 0 Å². The number of hydrogen-bond acceptors (Lipinski definition) is 3. The number of aromatic nitrogens is 1. The molecule has 3 nitrogen and oxygen atoms in total. The molecular formula is C12H8BrNO2. The Morgan fingerprint density at radius 3 is 2.75 bits per heavy atom. The largest absolute Gasteiger partial charge is 0.404 e. The van der Waals surface area contributed by atoms with Crippen LogP contribution in [0.5, 0.6) is 5.88 Å². The van der Waals surface area contributed by atoms with E-state index in [-0.39, 0.29) is 0 Å². The van der Waals surface area contributed by atoms with E-state index < -0.39 is 5.97 Å². The third-order valence-electron chi connectivity index (χ3n) is 1.90. The van der Waals surface area contributed by atoms with Gasteiger partial charge in [-0.1, -0.05) is 28.1 Å². The van der Waals surface area contributed by atoms with Crippen molar-refractivity contribution >= 4 is 21.9 Å². The number of benzene rings is 1. The minimum atomic E-state index is -0.417. The molecule has 1 aromatic carbocycles. The van der Waals surface area contributed by atoms with Gasteiger partial charge in [0.1, 0.15) is 0 Å². The van der Waals surface area contributed by atoms with Crippen LogP contribution >= 0.6 is 15.9 Å². The number of hydrogen-bond donors (Lipinski definition) is 0. The fourth-order valence-corrected chi connectivity index (χ4v) is 1.58. The monoisotopic (exact) mass is 277 g/mol. The van der Waals surface area contributed by atoms with Crippen LogP contribution in [0.15, 0.2) is 53.1 Å². The maximum Gasteiger partial charge on any atom is 0.344 e. The van der Waals surface area contributed by atoms with Crippen LogP contribution in [-0.2, 0) is 0 Å². The highest BCUT2D eigenvalue weighted by Crippen LogP contribution is 2.13. The average Bonchev–Trinajstić information content (AvgIpc) is 2.30. The summed E-state index contributed by atoms with van der Waals surface area (Å²) in [6.07, 6.45) is 1.57. The molecular weight excluding hydrogens is 270 g/mol. The van der Waals surface area contributed by atoms with Crippen molar-refractivity contribution in [2.24, 2.45) is 0 Å². The Bertz CT molecular complexity index is 499. The van der Waals surface area contributed by atoms with Crippen molar-refractivity contribution in [2.45, 2.75) is 0 Å². The lowest BCUT2D eigenvalue weighted by Gasteiger charge is -2.02. The summed E-state index contributed by atoms with van der Waals surface area (Å²) in [5, 5.41) is 0. The number of nitrogens with zero attached hydrogens (tertiary/aromatic N) is 1. The lowest BCUT2D eigenvalue weighted by molar-refractivity contribution is 0.0727. The number of halogens is 1. The third-order valence-corrected chi connectivity index (χ3v) is 2.39. The Hall–Kier alpha value is -1.68. The zero-order chi connectivity index (χ0) is 11.4. The molecule has 80 valence electrons. The van der Waals surface area contributed by atoms with Crippen molar-refractivity contribution in [3.63, 3.8) is 0 Å². The van der Waals surface area contributed by atoms with Gasteiger partial charge in [-0.25, -0.2) is 9.78 Å². The van der Waals surface area contributed by atoms with Crippen LogP contribution in [0.25, 0.3) is 0 Å². The fraction of sp³-hybridized carbons (Fsp3) is 0. The van der Waals surface area contributed by atoms with Gasteiger partial charge in [-0.05, 0) is 24.3 Å². The molecule has 0 amide bonds. The molecule has 1 aromatic heterocycles. The normalized spacial score (nSPS) is 9.81. The van der Waals surface area contributed by atoms with Gasteiger partial charge in [0.05, 0.1) is 5.56 Å². The topological polar surface area (TPSA) is 39.2 Å². The first-order valence-electron chi connectivity index (χ1n) is 4.64. The molecule has 0 fully saturated rings.